The SMILES string of the molecule is CCCC(NC(=O)C(C)c1cccs1)C(=O)O. The molecule has 0 aromatic carbocycles. The Kier molecular flexibility index (Phi) is 5.15. The van der Waals surface area contributed by atoms with E-state index in [1.807, 2.05) is 24.4 Å². The van der Waals surface area contributed by atoms with Gasteiger partial charge in [0, 0.05) is 4.88 Å². The first kappa shape index (κ1) is 13.7. The average Bonchev–Trinajstić information content (AvgIpc) is 2.80. The Morgan fingerprint density at radius 2 is 2.24 bits per heavy atom. The maximum Gasteiger partial charge on any atom is 0.326 e. The van der Waals surface area contributed by atoms with Gasteiger partial charge in [-0.2, -0.15) is 0 Å². The van der Waals surface area contributed by atoms with Gasteiger partial charge in [0.25, 0.3) is 0 Å². The van der Waals surface area contributed by atoms with Gasteiger partial charge >= 0.3 is 5.97 Å². The second-order valence-corrected chi connectivity index (χ2v) is 4.90. The van der Waals surface area contributed by atoms with Crippen molar-refractivity contribution in [3.63, 3.8) is 0 Å². The summed E-state index contributed by atoms with van der Waals surface area (Å²) in [6.07, 6.45) is 1.18. The minimum atomic E-state index is -0.974. The van der Waals surface area contributed by atoms with Crippen molar-refractivity contribution in [2.24, 2.45) is 0 Å². The van der Waals surface area contributed by atoms with E-state index in [0.717, 1.165) is 11.3 Å². The Bertz CT molecular complexity index is 375. The topological polar surface area (TPSA) is 66.4 Å². The number of rotatable bonds is 6. The largest absolute Gasteiger partial charge is 0.480 e. The number of aliphatic carboxylic acids is 1. The molecule has 0 bridgehead atoms. The number of hydrogen-bond acceptors (Lipinski definition) is 3. The highest BCUT2D eigenvalue weighted by molar-refractivity contribution is 7.10. The van der Waals surface area contributed by atoms with Gasteiger partial charge in [-0.1, -0.05) is 19.4 Å². The van der Waals surface area contributed by atoms with Gasteiger partial charge in [-0.3, -0.25) is 4.79 Å². The van der Waals surface area contributed by atoms with Gasteiger partial charge < -0.3 is 10.4 Å². The Labute approximate surface area is 105 Å². The zero-order chi connectivity index (χ0) is 12.8. The number of carbonyl (C=O) groups excluding carboxylic acids is 1. The predicted molar refractivity (Wildman–Crippen MR) is 67.2 cm³/mol. The fraction of sp³-hybridized carbons (Fsp3) is 0.500. The summed E-state index contributed by atoms with van der Waals surface area (Å²) in [6, 6.07) is 2.98. The van der Waals surface area contributed by atoms with Crippen LogP contribution in [-0.4, -0.2) is 23.0 Å². The van der Waals surface area contributed by atoms with Gasteiger partial charge in [0.1, 0.15) is 6.04 Å². The highest BCUT2D eigenvalue weighted by Crippen LogP contribution is 2.20. The van der Waals surface area contributed by atoms with Crippen molar-refractivity contribution in [3.05, 3.63) is 22.4 Å². The Hall–Kier alpha value is -1.36. The van der Waals surface area contributed by atoms with E-state index in [1.165, 1.54) is 11.3 Å². The summed E-state index contributed by atoms with van der Waals surface area (Å²) in [4.78, 5) is 23.7. The Balaban J connectivity index is 2.61. The second kappa shape index (κ2) is 6.39. The Morgan fingerprint density at radius 3 is 2.71 bits per heavy atom. The van der Waals surface area contributed by atoms with Crippen molar-refractivity contribution >= 4 is 23.2 Å². The smallest absolute Gasteiger partial charge is 0.326 e. The zero-order valence-corrected chi connectivity index (χ0v) is 10.8. The highest BCUT2D eigenvalue weighted by Gasteiger charge is 2.23. The van der Waals surface area contributed by atoms with Crippen LogP contribution in [0.4, 0.5) is 0 Å². The maximum absolute atomic E-state index is 11.9. The molecule has 1 rings (SSSR count). The molecule has 1 heterocycles. The van der Waals surface area contributed by atoms with E-state index in [1.54, 1.807) is 6.92 Å². The van der Waals surface area contributed by atoms with Gasteiger partial charge in [-0.25, -0.2) is 4.79 Å². The number of amides is 1. The summed E-state index contributed by atoms with van der Waals surface area (Å²) >= 11 is 1.50. The molecule has 0 aliphatic rings. The first-order valence-corrected chi connectivity index (χ1v) is 6.50. The molecule has 0 saturated carbocycles. The molecule has 0 aliphatic heterocycles. The van der Waals surface area contributed by atoms with E-state index in [4.69, 9.17) is 5.11 Å². The Morgan fingerprint density at radius 1 is 1.53 bits per heavy atom. The standard InChI is InChI=1S/C12H17NO3S/c1-3-5-9(12(15)16)13-11(14)8(2)10-6-4-7-17-10/h4,6-9H,3,5H2,1-2H3,(H,13,14)(H,15,16). The fourth-order valence-corrected chi connectivity index (χ4v) is 2.29. The van der Waals surface area contributed by atoms with Crippen LogP contribution < -0.4 is 5.32 Å². The lowest BCUT2D eigenvalue weighted by Gasteiger charge is -2.16. The quantitative estimate of drug-likeness (QED) is 0.819. The van der Waals surface area contributed by atoms with Crippen molar-refractivity contribution in [2.45, 2.75) is 38.6 Å². The normalized spacial score (nSPS) is 14.0. The monoisotopic (exact) mass is 255 g/mol. The minimum Gasteiger partial charge on any atom is -0.480 e. The third-order valence-corrected chi connectivity index (χ3v) is 3.61. The van der Waals surface area contributed by atoms with E-state index < -0.39 is 12.0 Å². The molecule has 2 atom stereocenters. The van der Waals surface area contributed by atoms with Crippen LogP contribution in [0.1, 0.15) is 37.5 Å². The first-order chi connectivity index (χ1) is 8.06. The second-order valence-electron chi connectivity index (χ2n) is 3.93. The summed E-state index contributed by atoms with van der Waals surface area (Å²) in [5.74, 6) is -1.50. The number of carbonyl (C=O) groups is 2. The van der Waals surface area contributed by atoms with Gasteiger partial charge in [-0.15, -0.1) is 11.3 Å². The lowest BCUT2D eigenvalue weighted by atomic mass is 10.1. The van der Waals surface area contributed by atoms with Crippen LogP contribution in [0.3, 0.4) is 0 Å². The molecule has 4 nitrogen and oxygen atoms in total. The first-order valence-electron chi connectivity index (χ1n) is 5.62. The van der Waals surface area contributed by atoms with Gasteiger partial charge in [0.15, 0.2) is 0 Å². The van der Waals surface area contributed by atoms with Gasteiger partial charge in [0.05, 0.1) is 5.92 Å². The lowest BCUT2D eigenvalue weighted by Crippen LogP contribution is -2.42. The van der Waals surface area contributed by atoms with Crippen molar-refractivity contribution < 1.29 is 14.7 Å². The number of carboxylic acid groups (broad SMARTS) is 1. The molecule has 1 aromatic heterocycles. The summed E-state index contributed by atoms with van der Waals surface area (Å²) in [6.45, 7) is 3.68. The molecule has 2 N–H and O–H groups in total. The molecule has 17 heavy (non-hydrogen) atoms. The van der Waals surface area contributed by atoms with Crippen LogP contribution in [0.15, 0.2) is 17.5 Å². The average molecular weight is 255 g/mol. The summed E-state index contributed by atoms with van der Waals surface area (Å²) in [7, 11) is 0. The third kappa shape index (κ3) is 3.85. The van der Waals surface area contributed by atoms with Gasteiger partial charge in [-0.05, 0) is 24.8 Å². The number of nitrogens with one attached hydrogen (secondary N) is 1. The molecule has 94 valence electrons. The number of carboxylic acids is 1. The molecule has 1 amide bonds. The number of thiophene rings is 1. The highest BCUT2D eigenvalue weighted by atomic mass is 32.1. The molecule has 0 fully saturated rings. The summed E-state index contributed by atoms with van der Waals surface area (Å²) in [5, 5.41) is 13.4. The molecule has 0 aliphatic carbocycles. The summed E-state index contributed by atoms with van der Waals surface area (Å²) < 4.78 is 0. The van der Waals surface area contributed by atoms with Crippen molar-refractivity contribution in [3.8, 4) is 0 Å². The zero-order valence-electron chi connectivity index (χ0n) is 9.97. The van der Waals surface area contributed by atoms with Crippen molar-refractivity contribution in [2.75, 3.05) is 0 Å². The van der Waals surface area contributed by atoms with Crippen molar-refractivity contribution in [1.82, 2.24) is 5.32 Å². The molecule has 2 unspecified atom stereocenters. The van der Waals surface area contributed by atoms with Crippen LogP contribution in [0, 0.1) is 0 Å². The van der Waals surface area contributed by atoms with Crippen molar-refractivity contribution in [1.29, 1.82) is 0 Å². The van der Waals surface area contributed by atoms with Crippen LogP contribution in [0.25, 0.3) is 0 Å². The van der Waals surface area contributed by atoms with Gasteiger partial charge in [0.2, 0.25) is 5.91 Å². The summed E-state index contributed by atoms with van der Waals surface area (Å²) in [5.41, 5.74) is 0. The molecule has 5 heteroatoms. The molecule has 1 aromatic rings. The maximum atomic E-state index is 11.9. The molecular formula is C12H17NO3S. The van der Waals surface area contributed by atoms with E-state index in [2.05, 4.69) is 5.32 Å². The van der Waals surface area contributed by atoms with Crippen LogP contribution in [-0.2, 0) is 9.59 Å². The molecule has 0 spiro atoms. The fourth-order valence-electron chi connectivity index (χ4n) is 1.51. The van der Waals surface area contributed by atoms with Crippen LogP contribution in [0.2, 0.25) is 0 Å². The minimum absolute atomic E-state index is 0.228. The van der Waals surface area contributed by atoms with E-state index in [-0.39, 0.29) is 11.8 Å². The van der Waals surface area contributed by atoms with E-state index >= 15 is 0 Å². The number of hydrogen-bond donors (Lipinski definition) is 2. The molecule has 0 radical (unpaired) electrons. The lowest BCUT2D eigenvalue weighted by molar-refractivity contribution is -0.142. The van der Waals surface area contributed by atoms with Crippen LogP contribution in [0.5, 0.6) is 0 Å². The van der Waals surface area contributed by atoms with E-state index in [9.17, 15) is 9.59 Å². The third-order valence-electron chi connectivity index (χ3n) is 2.56. The van der Waals surface area contributed by atoms with Crippen LogP contribution >= 0.6 is 11.3 Å². The van der Waals surface area contributed by atoms with E-state index in [0.29, 0.717) is 6.42 Å². The predicted octanol–water partition coefficient (Wildman–Crippen LogP) is 2.22. The molecule has 0 saturated heterocycles. The molecular weight excluding hydrogens is 238 g/mol.